The number of nitro groups is 1. The summed E-state index contributed by atoms with van der Waals surface area (Å²) in [4.78, 5) is 24.3. The van der Waals surface area contributed by atoms with Gasteiger partial charge >= 0.3 is 5.97 Å². The predicted octanol–water partition coefficient (Wildman–Crippen LogP) is 2.30. The summed E-state index contributed by atoms with van der Waals surface area (Å²) in [5.41, 5.74) is -1.77. The van der Waals surface area contributed by atoms with E-state index in [0.29, 0.717) is 6.07 Å². The lowest BCUT2D eigenvalue weighted by Gasteiger charge is -2.06. The van der Waals surface area contributed by atoms with E-state index in [4.69, 9.17) is 11.6 Å². The molecule has 0 unspecified atom stereocenters. The van der Waals surface area contributed by atoms with Crippen LogP contribution in [-0.2, 0) is 16.0 Å². The van der Waals surface area contributed by atoms with E-state index in [1.54, 1.807) is 0 Å². The zero-order chi connectivity index (χ0) is 13.9. The topological polar surface area (TPSA) is 82.3 Å². The molecule has 1 aromatic heterocycles. The Labute approximate surface area is 105 Å². The van der Waals surface area contributed by atoms with Crippen LogP contribution in [0.5, 0.6) is 0 Å². The number of alkyl halides is 2. The third-order valence-corrected chi connectivity index (χ3v) is 2.33. The Morgan fingerprint density at radius 2 is 2.28 bits per heavy atom. The fourth-order valence-electron chi connectivity index (χ4n) is 1.18. The van der Waals surface area contributed by atoms with Crippen LogP contribution in [0.4, 0.5) is 14.5 Å². The number of halogens is 3. The molecular weight excluding hydrogens is 274 g/mol. The van der Waals surface area contributed by atoms with E-state index in [1.807, 2.05) is 0 Å². The molecule has 0 aromatic carbocycles. The fourth-order valence-corrected chi connectivity index (χ4v) is 1.42. The highest BCUT2D eigenvalue weighted by atomic mass is 35.5. The maximum absolute atomic E-state index is 12.5. The lowest BCUT2D eigenvalue weighted by molar-refractivity contribution is -0.386. The van der Waals surface area contributed by atoms with Gasteiger partial charge in [0.25, 0.3) is 12.1 Å². The van der Waals surface area contributed by atoms with Crippen LogP contribution >= 0.6 is 11.6 Å². The van der Waals surface area contributed by atoms with Crippen LogP contribution in [0.25, 0.3) is 0 Å². The summed E-state index contributed by atoms with van der Waals surface area (Å²) in [6.45, 7) is 0. The van der Waals surface area contributed by atoms with Gasteiger partial charge in [0.2, 0.25) is 0 Å². The van der Waals surface area contributed by atoms with Gasteiger partial charge in [-0.1, -0.05) is 11.6 Å². The summed E-state index contributed by atoms with van der Waals surface area (Å²) >= 11 is 5.46. The minimum atomic E-state index is -2.99. The second kappa shape index (κ2) is 5.67. The van der Waals surface area contributed by atoms with Gasteiger partial charge in [0.15, 0.2) is 0 Å². The third kappa shape index (κ3) is 3.10. The minimum absolute atomic E-state index is 0.318. The Balaban J connectivity index is 3.29. The number of carbonyl (C=O) groups excluding carboxylic acids is 1. The van der Waals surface area contributed by atoms with Crippen molar-refractivity contribution < 1.29 is 23.2 Å². The first-order chi connectivity index (χ1) is 8.36. The summed E-state index contributed by atoms with van der Waals surface area (Å²) in [7, 11) is 1.09. The number of methoxy groups -OCH3 is 1. The molecule has 0 saturated carbocycles. The van der Waals surface area contributed by atoms with Crippen molar-refractivity contribution in [3.05, 3.63) is 32.6 Å². The Morgan fingerprint density at radius 3 is 2.72 bits per heavy atom. The van der Waals surface area contributed by atoms with E-state index in [9.17, 15) is 23.7 Å². The van der Waals surface area contributed by atoms with Gasteiger partial charge < -0.3 is 4.74 Å². The van der Waals surface area contributed by atoms with Crippen LogP contribution in [0, 0.1) is 10.1 Å². The van der Waals surface area contributed by atoms with E-state index < -0.39 is 40.1 Å². The molecule has 98 valence electrons. The molecule has 0 amide bonds. The molecule has 18 heavy (non-hydrogen) atoms. The molecule has 6 nitrogen and oxygen atoms in total. The highest BCUT2D eigenvalue weighted by Crippen LogP contribution is 2.31. The van der Waals surface area contributed by atoms with Crippen molar-refractivity contribution >= 4 is 23.3 Å². The van der Waals surface area contributed by atoms with Crippen LogP contribution in [0.15, 0.2) is 6.07 Å². The Bertz CT molecular complexity index is 496. The largest absolute Gasteiger partial charge is 0.469 e. The molecule has 9 heteroatoms. The highest BCUT2D eigenvalue weighted by Gasteiger charge is 2.25. The van der Waals surface area contributed by atoms with Crippen molar-refractivity contribution in [1.29, 1.82) is 0 Å². The SMILES string of the molecule is COC(=O)Cc1nc(Cl)c(C(F)F)cc1[N+](=O)[O-]. The van der Waals surface area contributed by atoms with Crippen molar-refractivity contribution in [3.8, 4) is 0 Å². The second-order valence-corrected chi connectivity index (χ2v) is 3.50. The predicted molar refractivity (Wildman–Crippen MR) is 56.6 cm³/mol. The van der Waals surface area contributed by atoms with Gasteiger partial charge in [-0.2, -0.15) is 0 Å². The molecule has 0 aliphatic rings. The molecular formula is C9H7ClF2N2O4. The molecule has 1 aromatic rings. The van der Waals surface area contributed by atoms with Gasteiger partial charge in [0, 0.05) is 6.07 Å². The van der Waals surface area contributed by atoms with Crippen LogP contribution in [0.1, 0.15) is 17.7 Å². The monoisotopic (exact) mass is 280 g/mol. The minimum Gasteiger partial charge on any atom is -0.469 e. The lowest BCUT2D eigenvalue weighted by atomic mass is 10.2. The molecule has 1 heterocycles. The number of esters is 1. The number of carbonyl (C=O) groups is 1. The number of aromatic nitrogens is 1. The van der Waals surface area contributed by atoms with Crippen LogP contribution in [-0.4, -0.2) is 23.0 Å². The molecule has 0 saturated heterocycles. The van der Waals surface area contributed by atoms with E-state index in [1.165, 1.54) is 0 Å². The smallest absolute Gasteiger partial charge is 0.311 e. The van der Waals surface area contributed by atoms with Gasteiger partial charge in [0.05, 0.1) is 24.0 Å². The van der Waals surface area contributed by atoms with Crippen LogP contribution < -0.4 is 0 Å². The molecule has 0 radical (unpaired) electrons. The summed E-state index contributed by atoms with van der Waals surface area (Å²) in [5, 5.41) is 10.1. The molecule has 0 N–H and O–H groups in total. The summed E-state index contributed by atoms with van der Waals surface area (Å²) in [5.74, 6) is -0.786. The van der Waals surface area contributed by atoms with E-state index in [0.717, 1.165) is 7.11 Å². The van der Waals surface area contributed by atoms with E-state index in [2.05, 4.69) is 9.72 Å². The summed E-state index contributed by atoms with van der Waals surface area (Å²) in [6.07, 6.45) is -3.51. The molecule has 0 atom stereocenters. The Kier molecular flexibility index (Phi) is 4.49. The first-order valence-corrected chi connectivity index (χ1v) is 4.93. The van der Waals surface area contributed by atoms with Crippen LogP contribution in [0.2, 0.25) is 5.15 Å². The fraction of sp³-hybridized carbons (Fsp3) is 0.333. The highest BCUT2D eigenvalue weighted by molar-refractivity contribution is 6.30. The quantitative estimate of drug-likeness (QED) is 0.366. The van der Waals surface area contributed by atoms with Gasteiger partial charge in [-0.3, -0.25) is 14.9 Å². The number of hydrogen-bond acceptors (Lipinski definition) is 5. The first-order valence-electron chi connectivity index (χ1n) is 4.55. The zero-order valence-corrected chi connectivity index (χ0v) is 9.78. The van der Waals surface area contributed by atoms with Gasteiger partial charge in [-0.05, 0) is 0 Å². The molecule has 1 rings (SSSR count). The standard InChI is InChI=1S/C9H7ClF2N2O4/c1-18-7(15)3-5-6(14(16)17)2-4(9(11)12)8(10)13-5/h2,9H,3H2,1H3. The van der Waals surface area contributed by atoms with Crippen molar-refractivity contribution in [1.82, 2.24) is 4.98 Å². The average molecular weight is 281 g/mol. The zero-order valence-electron chi connectivity index (χ0n) is 9.02. The molecule has 0 aliphatic heterocycles. The summed E-state index contributed by atoms with van der Waals surface area (Å²) in [6, 6.07) is 0.609. The first kappa shape index (κ1) is 14.2. The van der Waals surface area contributed by atoms with E-state index >= 15 is 0 Å². The molecule has 0 spiro atoms. The van der Waals surface area contributed by atoms with E-state index in [-0.39, 0.29) is 5.69 Å². The third-order valence-electron chi connectivity index (χ3n) is 2.03. The van der Waals surface area contributed by atoms with Crippen molar-refractivity contribution in [2.75, 3.05) is 7.11 Å². The maximum atomic E-state index is 12.5. The Morgan fingerprint density at radius 1 is 1.67 bits per heavy atom. The average Bonchev–Trinajstić information content (AvgIpc) is 2.27. The van der Waals surface area contributed by atoms with Gasteiger partial charge in [-0.15, -0.1) is 0 Å². The number of ether oxygens (including phenoxy) is 1. The normalized spacial score (nSPS) is 10.5. The van der Waals surface area contributed by atoms with Crippen molar-refractivity contribution in [2.45, 2.75) is 12.8 Å². The van der Waals surface area contributed by atoms with Gasteiger partial charge in [0.1, 0.15) is 10.8 Å². The number of nitrogens with zero attached hydrogens (tertiary/aromatic N) is 2. The maximum Gasteiger partial charge on any atom is 0.311 e. The summed E-state index contributed by atoms with van der Waals surface area (Å²) < 4.78 is 29.3. The number of rotatable bonds is 4. The van der Waals surface area contributed by atoms with Crippen molar-refractivity contribution in [2.24, 2.45) is 0 Å². The lowest BCUT2D eigenvalue weighted by Crippen LogP contribution is -2.10. The second-order valence-electron chi connectivity index (χ2n) is 3.14. The Hall–Kier alpha value is -1.83. The van der Waals surface area contributed by atoms with Crippen molar-refractivity contribution in [3.63, 3.8) is 0 Å². The van der Waals surface area contributed by atoms with Gasteiger partial charge in [-0.25, -0.2) is 13.8 Å². The number of hydrogen-bond donors (Lipinski definition) is 0. The van der Waals surface area contributed by atoms with Crippen LogP contribution in [0.3, 0.4) is 0 Å². The molecule has 0 aliphatic carbocycles. The molecule has 0 fully saturated rings. The number of pyridine rings is 1. The molecule has 0 bridgehead atoms.